The van der Waals surface area contributed by atoms with Crippen molar-refractivity contribution in [3.05, 3.63) is 12.2 Å². The van der Waals surface area contributed by atoms with E-state index < -0.39 is 24.4 Å². The molecule has 0 radical (unpaired) electrons. The van der Waals surface area contributed by atoms with Crippen LogP contribution in [-0.4, -0.2) is 59.6 Å². The van der Waals surface area contributed by atoms with E-state index in [1.54, 1.807) is 0 Å². The van der Waals surface area contributed by atoms with Crippen molar-refractivity contribution in [2.75, 3.05) is 19.8 Å². The highest BCUT2D eigenvalue weighted by Gasteiger charge is 2.39. The smallest absolute Gasteiger partial charge is 0.114 e. The zero-order chi connectivity index (χ0) is 18.3. The average Bonchev–Trinajstić information content (AvgIpc) is 2.94. The molecule has 0 spiro atoms. The summed E-state index contributed by atoms with van der Waals surface area (Å²) in [6.07, 6.45) is 13.2. The predicted molar refractivity (Wildman–Crippen MR) is 99.6 cm³/mol. The number of rotatable bonds is 15. The Labute approximate surface area is 153 Å². The first-order valence-electron chi connectivity index (χ1n) is 10.0. The Morgan fingerprint density at radius 1 is 1.00 bits per heavy atom. The van der Waals surface area contributed by atoms with E-state index in [0.29, 0.717) is 6.61 Å². The van der Waals surface area contributed by atoms with Gasteiger partial charge in [-0.3, -0.25) is 0 Å². The van der Waals surface area contributed by atoms with Crippen molar-refractivity contribution in [2.45, 2.75) is 95.5 Å². The van der Waals surface area contributed by atoms with Crippen LogP contribution in [0.25, 0.3) is 0 Å². The van der Waals surface area contributed by atoms with Crippen LogP contribution in [0.1, 0.15) is 71.1 Å². The summed E-state index contributed by atoms with van der Waals surface area (Å²) >= 11 is 0. The van der Waals surface area contributed by atoms with Crippen LogP contribution in [-0.2, 0) is 9.47 Å². The molecule has 148 valence electrons. The largest absolute Gasteiger partial charge is 0.388 e. The summed E-state index contributed by atoms with van der Waals surface area (Å²) in [6, 6.07) is 0. The summed E-state index contributed by atoms with van der Waals surface area (Å²) in [5.74, 6) is 0. The van der Waals surface area contributed by atoms with E-state index in [4.69, 9.17) is 9.47 Å². The number of hydrogen-bond acceptors (Lipinski definition) is 5. The van der Waals surface area contributed by atoms with Crippen molar-refractivity contribution in [3.63, 3.8) is 0 Å². The molecule has 1 fully saturated rings. The lowest BCUT2D eigenvalue weighted by Gasteiger charge is -2.20. The van der Waals surface area contributed by atoms with Gasteiger partial charge in [-0.2, -0.15) is 0 Å². The quantitative estimate of drug-likeness (QED) is 0.310. The van der Waals surface area contributed by atoms with Gasteiger partial charge in [0.25, 0.3) is 0 Å². The normalized spacial score (nSPS) is 25.0. The molecule has 0 aliphatic carbocycles. The fourth-order valence-electron chi connectivity index (χ4n) is 3.01. The maximum Gasteiger partial charge on any atom is 0.114 e. The zero-order valence-electron chi connectivity index (χ0n) is 15.8. The van der Waals surface area contributed by atoms with E-state index in [1.807, 2.05) is 0 Å². The molecule has 3 N–H and O–H groups in total. The van der Waals surface area contributed by atoms with Gasteiger partial charge >= 0.3 is 0 Å². The summed E-state index contributed by atoms with van der Waals surface area (Å²) in [6.45, 7) is 3.05. The lowest BCUT2D eigenvalue weighted by atomic mass is 10.1. The number of hydrogen-bond donors (Lipinski definition) is 3. The average molecular weight is 359 g/mol. The maximum atomic E-state index is 9.90. The molecule has 0 aromatic heterocycles. The van der Waals surface area contributed by atoms with Gasteiger partial charge in [-0.25, -0.2) is 0 Å². The molecular weight excluding hydrogens is 320 g/mol. The first-order chi connectivity index (χ1) is 12.2. The summed E-state index contributed by atoms with van der Waals surface area (Å²) in [5.41, 5.74) is 0. The Hall–Kier alpha value is -0.460. The number of aliphatic hydroxyl groups is 3. The summed E-state index contributed by atoms with van der Waals surface area (Å²) in [7, 11) is 0. The molecule has 1 heterocycles. The van der Waals surface area contributed by atoms with Gasteiger partial charge in [-0.15, -0.1) is 0 Å². The molecule has 0 saturated carbocycles. The molecular formula is C20H38O5. The third-order valence-corrected chi connectivity index (χ3v) is 4.66. The second kappa shape index (κ2) is 14.7. The number of ether oxygens (including phenoxy) is 2. The Balaban J connectivity index is 1.85. The third kappa shape index (κ3) is 10.3. The topological polar surface area (TPSA) is 79.2 Å². The van der Waals surface area contributed by atoms with E-state index in [9.17, 15) is 15.3 Å². The van der Waals surface area contributed by atoms with Gasteiger partial charge in [-0.1, -0.05) is 51.2 Å². The third-order valence-electron chi connectivity index (χ3n) is 4.66. The van der Waals surface area contributed by atoms with Crippen molar-refractivity contribution in [1.29, 1.82) is 0 Å². The van der Waals surface area contributed by atoms with Crippen LogP contribution in [0, 0.1) is 0 Å². The highest BCUT2D eigenvalue weighted by atomic mass is 16.5. The van der Waals surface area contributed by atoms with E-state index in [-0.39, 0.29) is 13.2 Å². The molecule has 1 aliphatic rings. The van der Waals surface area contributed by atoms with Crippen LogP contribution in [0.15, 0.2) is 12.2 Å². The monoisotopic (exact) mass is 358 g/mol. The summed E-state index contributed by atoms with van der Waals surface area (Å²) < 4.78 is 10.6. The fraction of sp³-hybridized carbons (Fsp3) is 0.900. The lowest BCUT2D eigenvalue weighted by molar-refractivity contribution is -0.0813. The fourth-order valence-corrected chi connectivity index (χ4v) is 3.01. The number of aliphatic hydroxyl groups excluding tert-OH is 3. The molecule has 1 aliphatic heterocycles. The Morgan fingerprint density at radius 2 is 1.64 bits per heavy atom. The van der Waals surface area contributed by atoms with Gasteiger partial charge in [0, 0.05) is 6.61 Å². The van der Waals surface area contributed by atoms with Crippen LogP contribution in [0.4, 0.5) is 0 Å². The van der Waals surface area contributed by atoms with E-state index in [2.05, 4.69) is 19.1 Å². The highest BCUT2D eigenvalue weighted by molar-refractivity contribution is 4.87. The van der Waals surface area contributed by atoms with Crippen molar-refractivity contribution in [1.82, 2.24) is 0 Å². The first-order valence-corrected chi connectivity index (χ1v) is 10.0. The van der Waals surface area contributed by atoms with Crippen LogP contribution in [0.5, 0.6) is 0 Å². The van der Waals surface area contributed by atoms with Crippen molar-refractivity contribution >= 4 is 0 Å². The second-order valence-electron chi connectivity index (χ2n) is 7.02. The zero-order valence-corrected chi connectivity index (χ0v) is 15.8. The molecule has 25 heavy (non-hydrogen) atoms. The van der Waals surface area contributed by atoms with E-state index >= 15 is 0 Å². The second-order valence-corrected chi connectivity index (χ2v) is 7.02. The minimum Gasteiger partial charge on any atom is -0.388 e. The van der Waals surface area contributed by atoms with Gasteiger partial charge in [0.1, 0.15) is 24.4 Å². The molecule has 0 bridgehead atoms. The minimum atomic E-state index is -1.03. The molecule has 1 saturated heterocycles. The van der Waals surface area contributed by atoms with Crippen molar-refractivity contribution in [2.24, 2.45) is 0 Å². The highest BCUT2D eigenvalue weighted by Crippen LogP contribution is 2.17. The van der Waals surface area contributed by atoms with Gasteiger partial charge in [0.2, 0.25) is 0 Å². The predicted octanol–water partition coefficient (Wildman–Crippen LogP) is 2.96. The standard InChI is InChI=1S/C20H38O5/c1-2-3-4-5-6-7-8-9-10-11-12-13-14-24-15-18(22)20-19(23)17(21)16-25-20/h7-8,17-23H,2-6,9-16H2,1H3/b8-7+/t17-,18+,19+,20+/m1/s1. The van der Waals surface area contributed by atoms with E-state index in [1.165, 1.54) is 44.9 Å². The molecule has 5 heteroatoms. The molecule has 5 nitrogen and oxygen atoms in total. The van der Waals surface area contributed by atoms with Crippen LogP contribution < -0.4 is 0 Å². The molecule has 4 atom stereocenters. The summed E-state index contributed by atoms with van der Waals surface area (Å²) in [5, 5.41) is 28.9. The molecule has 1 rings (SSSR count). The maximum absolute atomic E-state index is 9.90. The first kappa shape index (κ1) is 22.6. The van der Waals surface area contributed by atoms with Crippen LogP contribution >= 0.6 is 0 Å². The van der Waals surface area contributed by atoms with Crippen molar-refractivity contribution < 1.29 is 24.8 Å². The SMILES string of the molecule is CCCCCC/C=C/CCCCCCOC[C@H](O)[C@@H]1OC[C@@H](O)[C@@H]1O. The van der Waals surface area contributed by atoms with Gasteiger partial charge in [0.05, 0.1) is 13.2 Å². The Morgan fingerprint density at radius 3 is 2.24 bits per heavy atom. The van der Waals surface area contributed by atoms with Gasteiger partial charge in [0.15, 0.2) is 0 Å². The summed E-state index contributed by atoms with van der Waals surface area (Å²) in [4.78, 5) is 0. The number of unbranched alkanes of at least 4 members (excludes halogenated alkanes) is 8. The number of allylic oxidation sites excluding steroid dienone is 2. The van der Waals surface area contributed by atoms with Gasteiger partial charge < -0.3 is 24.8 Å². The molecule has 0 aromatic rings. The molecule has 0 unspecified atom stereocenters. The minimum absolute atomic E-state index is 0.0656. The molecule has 0 amide bonds. The molecule has 0 aromatic carbocycles. The van der Waals surface area contributed by atoms with Crippen LogP contribution in [0.2, 0.25) is 0 Å². The Kier molecular flexibility index (Phi) is 13.3. The van der Waals surface area contributed by atoms with Crippen LogP contribution in [0.3, 0.4) is 0 Å². The lowest BCUT2D eigenvalue weighted by Crippen LogP contribution is -2.40. The van der Waals surface area contributed by atoms with Crippen molar-refractivity contribution in [3.8, 4) is 0 Å². The Bertz CT molecular complexity index is 334. The van der Waals surface area contributed by atoms with Gasteiger partial charge in [-0.05, 0) is 32.1 Å². The van der Waals surface area contributed by atoms with E-state index in [0.717, 1.165) is 19.3 Å².